The van der Waals surface area contributed by atoms with Crippen molar-refractivity contribution < 1.29 is 14.6 Å². The van der Waals surface area contributed by atoms with Crippen LogP contribution < -0.4 is 10.1 Å². The zero-order valence-electron chi connectivity index (χ0n) is 18.9. The molecule has 2 heterocycles. The van der Waals surface area contributed by atoms with Gasteiger partial charge in [0.25, 0.3) is 0 Å². The predicted molar refractivity (Wildman–Crippen MR) is 140 cm³/mol. The number of carbonyl (C=O) groups excluding carboxylic acids is 1. The average Bonchev–Trinajstić information content (AvgIpc) is 3.16. The SMILES string of the molecule is CCI1C(Nc2ccc(C)cc2)=Nc2cc(Oc3ccnc(C(=O)N(C)CCO)c3)ccc21. The van der Waals surface area contributed by atoms with Crippen LogP contribution in [0.5, 0.6) is 11.5 Å². The number of ether oxygens (including phenoxy) is 1. The number of aromatic nitrogens is 1. The number of hydrogen-bond acceptors (Lipinski definition) is 6. The fourth-order valence-electron chi connectivity index (χ4n) is 3.37. The van der Waals surface area contributed by atoms with Gasteiger partial charge in [-0.2, -0.15) is 0 Å². The monoisotopic (exact) mass is 558 g/mol. The number of aliphatic imine (C=N–C) groups is 1. The van der Waals surface area contributed by atoms with E-state index in [1.165, 1.54) is 14.0 Å². The summed E-state index contributed by atoms with van der Waals surface area (Å²) in [7, 11) is 1.63. The van der Waals surface area contributed by atoms with Gasteiger partial charge in [0, 0.05) is 0 Å². The summed E-state index contributed by atoms with van der Waals surface area (Å²) in [5.41, 5.74) is 3.50. The molecule has 0 spiro atoms. The van der Waals surface area contributed by atoms with Crippen molar-refractivity contribution in [2.24, 2.45) is 4.99 Å². The first kappa shape index (κ1) is 23.2. The van der Waals surface area contributed by atoms with Crippen molar-refractivity contribution in [2.75, 3.05) is 29.9 Å². The van der Waals surface area contributed by atoms with Crippen molar-refractivity contribution in [3.63, 3.8) is 0 Å². The van der Waals surface area contributed by atoms with E-state index in [9.17, 15) is 4.79 Å². The maximum absolute atomic E-state index is 12.4. The molecule has 1 aliphatic heterocycles. The molecule has 1 amide bonds. The Morgan fingerprint density at radius 1 is 1.12 bits per heavy atom. The van der Waals surface area contributed by atoms with Crippen LogP contribution in [0.25, 0.3) is 0 Å². The summed E-state index contributed by atoms with van der Waals surface area (Å²) in [6, 6.07) is 17.7. The molecule has 7 nitrogen and oxygen atoms in total. The number of aryl methyl sites for hydroxylation is 1. The first-order chi connectivity index (χ1) is 16.0. The van der Waals surface area contributed by atoms with Gasteiger partial charge < -0.3 is 5.11 Å². The van der Waals surface area contributed by atoms with Crippen LogP contribution in [0.1, 0.15) is 23.0 Å². The third kappa shape index (κ3) is 5.33. The number of hydrogen-bond donors (Lipinski definition) is 2. The molecule has 33 heavy (non-hydrogen) atoms. The Morgan fingerprint density at radius 3 is 2.61 bits per heavy atom. The van der Waals surface area contributed by atoms with Gasteiger partial charge in [0.1, 0.15) is 0 Å². The average molecular weight is 558 g/mol. The van der Waals surface area contributed by atoms with Gasteiger partial charge in [-0.3, -0.25) is 0 Å². The van der Waals surface area contributed by atoms with Crippen molar-refractivity contribution in [1.29, 1.82) is 0 Å². The Bertz CT molecular complexity index is 1180. The van der Waals surface area contributed by atoms with Gasteiger partial charge in [0.15, 0.2) is 0 Å². The number of nitrogens with zero attached hydrogens (tertiary/aromatic N) is 3. The number of anilines is 1. The molecule has 0 unspecified atom stereocenters. The fourth-order valence-corrected chi connectivity index (χ4v) is 8.21. The molecule has 1 aliphatic rings. The zero-order valence-corrected chi connectivity index (χ0v) is 21.0. The number of aliphatic hydroxyl groups excluding tert-OH is 1. The second-order valence-electron chi connectivity index (χ2n) is 7.57. The standard InChI is InChI=1S/C25H27IN4O3/c1-4-26-21-10-9-19(15-22(21)29-25(26)28-18-7-5-17(2)6-8-18)33-20-11-12-27-23(16-20)24(32)30(3)13-14-31/h5-12,15-16,31H,4,13-14H2,1-3H3,(H,28,29). The summed E-state index contributed by atoms with van der Waals surface area (Å²) < 4.78 is 9.53. The van der Waals surface area contributed by atoms with Crippen molar-refractivity contribution in [3.8, 4) is 11.5 Å². The zero-order chi connectivity index (χ0) is 23.4. The Balaban J connectivity index is 1.53. The summed E-state index contributed by atoms with van der Waals surface area (Å²) in [5.74, 6) is 0.920. The van der Waals surface area contributed by atoms with Crippen LogP contribution in [0.15, 0.2) is 65.8 Å². The van der Waals surface area contributed by atoms with E-state index >= 15 is 0 Å². The Kier molecular flexibility index (Phi) is 7.24. The molecule has 8 heteroatoms. The number of nitrogens with one attached hydrogen (secondary N) is 1. The number of carbonyl (C=O) groups is 1. The predicted octanol–water partition coefficient (Wildman–Crippen LogP) is 5.06. The van der Waals surface area contributed by atoms with Crippen molar-refractivity contribution in [1.82, 2.24) is 9.88 Å². The Hall–Kier alpha value is -2.98. The van der Waals surface area contributed by atoms with Crippen LogP contribution in [-0.2, 0) is 0 Å². The number of aliphatic hydroxyl groups is 1. The number of alkyl halides is 1. The van der Waals surface area contributed by atoms with E-state index in [4.69, 9.17) is 14.8 Å². The van der Waals surface area contributed by atoms with E-state index in [1.54, 1.807) is 25.4 Å². The molecule has 2 aromatic carbocycles. The molecule has 0 saturated heterocycles. The summed E-state index contributed by atoms with van der Waals surface area (Å²) in [4.78, 5) is 22.9. The number of halogens is 1. The molecule has 0 aliphatic carbocycles. The number of likely N-dealkylation sites (N-methyl/N-ethyl adjacent to an activating group) is 1. The van der Waals surface area contributed by atoms with Crippen LogP contribution >= 0.6 is 19.8 Å². The molecule has 0 saturated carbocycles. The first-order valence-electron chi connectivity index (χ1n) is 10.7. The molecule has 2 N–H and O–H groups in total. The van der Waals surface area contributed by atoms with Crippen molar-refractivity contribution >= 4 is 40.9 Å². The Morgan fingerprint density at radius 2 is 1.88 bits per heavy atom. The minimum absolute atomic E-state index is 0.0999. The van der Waals surface area contributed by atoms with E-state index in [0.29, 0.717) is 11.5 Å². The topological polar surface area (TPSA) is 87.1 Å². The van der Waals surface area contributed by atoms with Gasteiger partial charge in [0.2, 0.25) is 0 Å². The van der Waals surface area contributed by atoms with E-state index < -0.39 is 19.8 Å². The van der Waals surface area contributed by atoms with Crippen molar-refractivity contribution in [2.45, 2.75) is 13.8 Å². The molecule has 3 aromatic rings. The second kappa shape index (κ2) is 10.3. The number of pyridine rings is 1. The third-order valence-corrected chi connectivity index (χ3v) is 10.7. The van der Waals surface area contributed by atoms with E-state index in [-0.39, 0.29) is 24.8 Å². The van der Waals surface area contributed by atoms with Gasteiger partial charge >= 0.3 is 196 Å². The molecule has 0 radical (unpaired) electrons. The van der Waals surface area contributed by atoms with Gasteiger partial charge in [-0.15, -0.1) is 0 Å². The molecular formula is C25H27IN4O3. The summed E-state index contributed by atoms with van der Waals surface area (Å²) in [5, 5.41) is 12.6. The number of amidine groups is 1. The summed E-state index contributed by atoms with van der Waals surface area (Å²) in [6.07, 6.45) is 1.55. The van der Waals surface area contributed by atoms with Gasteiger partial charge in [-0.05, 0) is 0 Å². The van der Waals surface area contributed by atoms with E-state index in [1.807, 2.05) is 12.1 Å². The van der Waals surface area contributed by atoms with Crippen LogP contribution in [0.2, 0.25) is 0 Å². The molecule has 172 valence electrons. The number of rotatable bonds is 7. The number of amides is 1. The summed E-state index contributed by atoms with van der Waals surface area (Å²) >= 11 is -1.60. The number of benzene rings is 2. The fraction of sp³-hybridized carbons (Fsp3) is 0.240. The molecule has 1 aromatic heterocycles. The normalized spacial score (nSPS) is 13.3. The maximum atomic E-state index is 12.4. The molecule has 0 atom stereocenters. The molecular weight excluding hydrogens is 531 g/mol. The van der Waals surface area contributed by atoms with Crippen LogP contribution in [0.4, 0.5) is 11.4 Å². The van der Waals surface area contributed by atoms with Crippen molar-refractivity contribution in [3.05, 3.63) is 75.6 Å². The van der Waals surface area contributed by atoms with Gasteiger partial charge in [-0.1, -0.05) is 0 Å². The minimum atomic E-state index is -1.60. The van der Waals surface area contributed by atoms with Crippen LogP contribution in [-0.4, -0.2) is 49.4 Å². The molecule has 0 fully saturated rings. The Labute approximate surface area is 200 Å². The van der Waals surface area contributed by atoms with Crippen LogP contribution in [0.3, 0.4) is 0 Å². The van der Waals surface area contributed by atoms with Gasteiger partial charge in [-0.25, -0.2) is 0 Å². The second-order valence-corrected chi connectivity index (χ2v) is 13.3. The van der Waals surface area contributed by atoms with E-state index in [2.05, 4.69) is 54.5 Å². The quantitative estimate of drug-likeness (QED) is 0.241. The molecule has 0 bridgehead atoms. The first-order valence-corrected chi connectivity index (χ1v) is 14.4. The van der Waals surface area contributed by atoms with Crippen LogP contribution in [0, 0.1) is 10.5 Å². The van der Waals surface area contributed by atoms with E-state index in [0.717, 1.165) is 19.6 Å². The number of fused-ring (bicyclic) bond motifs is 1. The summed E-state index contributed by atoms with van der Waals surface area (Å²) in [6.45, 7) is 4.45. The molecule has 4 rings (SSSR count). The third-order valence-electron chi connectivity index (χ3n) is 5.13. The van der Waals surface area contributed by atoms with Gasteiger partial charge in [0.05, 0.1) is 0 Å².